The number of benzene rings is 2. The van der Waals surface area contributed by atoms with Gasteiger partial charge >= 0.3 is 12.1 Å². The van der Waals surface area contributed by atoms with Gasteiger partial charge in [-0.05, 0) is 43.4 Å². The number of carbonyl (C=O) groups is 5. The number of amides is 4. The zero-order chi connectivity index (χ0) is 32.1. The van der Waals surface area contributed by atoms with E-state index in [1.54, 1.807) is 30.3 Å². The minimum Gasteiger partial charge on any atom is -0.480 e. The number of hydrogen-bond donors (Lipinski definition) is 3. The molecule has 0 aliphatic carbocycles. The highest BCUT2D eigenvalue weighted by atomic mass is 16.6. The van der Waals surface area contributed by atoms with Crippen molar-refractivity contribution in [3.63, 3.8) is 0 Å². The molecule has 0 radical (unpaired) electrons. The number of aryl methyl sites for hydroxylation is 1. The van der Waals surface area contributed by atoms with E-state index in [2.05, 4.69) is 5.32 Å². The number of para-hydroxylation sites is 1. The number of nitrogens with zero attached hydrogens (tertiary/aromatic N) is 3. The molecule has 2 fully saturated rings. The van der Waals surface area contributed by atoms with E-state index in [1.807, 2.05) is 43.3 Å². The highest BCUT2D eigenvalue weighted by molar-refractivity contribution is 5.97. The van der Waals surface area contributed by atoms with Crippen molar-refractivity contribution in [3.05, 3.63) is 78.0 Å². The molecular weight excluding hydrogens is 578 g/mol. The molecule has 0 bridgehead atoms. The second-order valence-corrected chi connectivity index (χ2v) is 11.7. The number of ether oxygens (including phenoxy) is 1. The van der Waals surface area contributed by atoms with Crippen LogP contribution in [0.2, 0.25) is 0 Å². The van der Waals surface area contributed by atoms with Crippen molar-refractivity contribution >= 4 is 41.2 Å². The number of carbonyl (C=O) groups excluding carboxylic acids is 4. The topological polar surface area (TPSA) is 172 Å². The summed E-state index contributed by atoms with van der Waals surface area (Å²) >= 11 is 0. The molecule has 5 atom stereocenters. The number of cyclic esters (lactones) is 1. The summed E-state index contributed by atoms with van der Waals surface area (Å²) in [4.78, 5) is 72.1. The minimum absolute atomic E-state index is 0.0932. The Kier molecular flexibility index (Phi) is 9.31. The lowest BCUT2D eigenvalue weighted by atomic mass is 9.75. The number of carboxylic acids is 1. The molecule has 12 nitrogen and oxygen atoms in total. The quantitative estimate of drug-likeness (QED) is 0.173. The van der Waals surface area contributed by atoms with E-state index < -0.39 is 54.0 Å². The van der Waals surface area contributed by atoms with Crippen LogP contribution < -0.4 is 11.1 Å². The number of aliphatic carboxylic acids is 1. The number of primary amides is 1. The van der Waals surface area contributed by atoms with Gasteiger partial charge < -0.3 is 25.8 Å². The van der Waals surface area contributed by atoms with Crippen molar-refractivity contribution in [2.75, 3.05) is 6.61 Å². The first-order chi connectivity index (χ1) is 21.7. The Hall–Kier alpha value is -5.00. The number of nitrogens with one attached hydrogen (secondary N) is 1. The average Bonchev–Trinajstić information content (AvgIpc) is 3.36. The van der Waals surface area contributed by atoms with E-state index in [4.69, 9.17) is 15.5 Å². The molecule has 1 unspecified atom stereocenters. The third kappa shape index (κ3) is 6.31. The molecule has 4 N–H and O–H groups in total. The number of hydrogen-bond acceptors (Lipinski definition) is 7. The fourth-order valence-corrected chi connectivity index (χ4v) is 6.83. The van der Waals surface area contributed by atoms with Gasteiger partial charge in [0.15, 0.2) is 6.04 Å². The van der Waals surface area contributed by atoms with Crippen LogP contribution in [0.15, 0.2) is 66.7 Å². The third-order valence-corrected chi connectivity index (χ3v) is 8.74. The molecule has 2 saturated heterocycles. The highest BCUT2D eigenvalue weighted by Gasteiger charge is 2.62. The first-order valence-corrected chi connectivity index (χ1v) is 15.1. The Morgan fingerprint density at radius 3 is 2.53 bits per heavy atom. The molecule has 5 rings (SSSR count). The Balaban J connectivity index is 1.56. The molecule has 0 saturated carbocycles. The maximum atomic E-state index is 14.1. The van der Waals surface area contributed by atoms with Crippen molar-refractivity contribution in [2.45, 2.75) is 75.2 Å². The summed E-state index contributed by atoms with van der Waals surface area (Å²) in [5, 5.41) is 14.3. The molecule has 4 amide bonds. The second kappa shape index (κ2) is 13.3. The number of rotatable bonds is 15. The van der Waals surface area contributed by atoms with Gasteiger partial charge in [0.25, 0.3) is 0 Å². The lowest BCUT2D eigenvalue weighted by Crippen LogP contribution is -2.80. The summed E-state index contributed by atoms with van der Waals surface area (Å²) in [6.45, 7) is 2.09. The van der Waals surface area contributed by atoms with Crippen LogP contribution >= 0.6 is 0 Å². The summed E-state index contributed by atoms with van der Waals surface area (Å²) in [5.41, 5.74) is 6.01. The Morgan fingerprint density at radius 2 is 1.84 bits per heavy atom. The van der Waals surface area contributed by atoms with E-state index in [1.165, 1.54) is 9.80 Å². The van der Waals surface area contributed by atoms with Gasteiger partial charge in [-0.15, -0.1) is 0 Å². The lowest BCUT2D eigenvalue weighted by molar-refractivity contribution is -0.177. The Morgan fingerprint density at radius 1 is 1.11 bits per heavy atom. The Bertz CT molecular complexity index is 1580. The van der Waals surface area contributed by atoms with Crippen LogP contribution in [0.5, 0.6) is 0 Å². The monoisotopic (exact) mass is 615 g/mol. The first kappa shape index (κ1) is 31.4. The molecule has 236 valence electrons. The maximum Gasteiger partial charge on any atom is 0.410 e. The number of likely N-dealkylation sites (tertiary alicyclic amines) is 1. The molecule has 2 aliphatic rings. The van der Waals surface area contributed by atoms with Gasteiger partial charge in [0, 0.05) is 11.1 Å². The molecule has 1 aromatic heterocycles. The smallest absolute Gasteiger partial charge is 0.410 e. The fraction of sp³-hybridized carbons (Fsp3) is 0.394. The molecule has 2 aliphatic heterocycles. The van der Waals surface area contributed by atoms with Crippen LogP contribution in [0.3, 0.4) is 0 Å². The van der Waals surface area contributed by atoms with Crippen LogP contribution in [0, 0.1) is 0 Å². The number of fused-ring (bicyclic) bond motifs is 1. The number of β-lactam (4-membered cyclic amide) rings is 1. The largest absolute Gasteiger partial charge is 0.480 e. The first-order valence-electron chi connectivity index (χ1n) is 15.1. The lowest BCUT2D eigenvalue weighted by Gasteiger charge is -2.56. The summed E-state index contributed by atoms with van der Waals surface area (Å²) in [6.07, 6.45) is 1.02. The molecule has 3 aromatic rings. The summed E-state index contributed by atoms with van der Waals surface area (Å²) in [5.74, 6) is -2.87. The third-order valence-electron chi connectivity index (χ3n) is 8.74. The van der Waals surface area contributed by atoms with Crippen LogP contribution in [-0.4, -0.2) is 86.5 Å². The van der Waals surface area contributed by atoms with Gasteiger partial charge in [0.1, 0.15) is 12.6 Å². The van der Waals surface area contributed by atoms with Gasteiger partial charge in [-0.25, -0.2) is 9.59 Å². The highest BCUT2D eigenvalue weighted by Crippen LogP contribution is 2.39. The molecule has 45 heavy (non-hydrogen) atoms. The molecule has 3 heterocycles. The molecular formula is C33H37N5O7. The zero-order valence-corrected chi connectivity index (χ0v) is 25.0. The number of nitrogens with two attached hydrogens (primary N) is 1. The van der Waals surface area contributed by atoms with E-state index >= 15 is 0 Å². The SMILES string of the molecule is CCC[C@H]1COC(=O)N1[C@@H]1C(=O)N(C(C(=O)O)[C@](CC(N)=O)(Cc2ccccc2)NC=O)[C@@H]1CCc1ccc2ccccc2n1. The number of pyridine rings is 1. The summed E-state index contributed by atoms with van der Waals surface area (Å²) in [6, 6.07) is 16.4. The standard InChI is InChI=1S/C33H37N5O7/c1-2-8-24-19-45-32(44)37(24)28-26(16-15-23-14-13-22-11-6-7-12-25(22)36-23)38(30(28)41)29(31(42)43)33(35-20-39,18-27(34)40)17-21-9-4-3-5-10-21/h3-7,9-14,20,24,26,28-29H,2,8,15-19H2,1H3,(H2,34,40)(H,35,39)(H,42,43)/t24-,26+,28-,29?,33+/m0/s1. The zero-order valence-electron chi connectivity index (χ0n) is 25.0. The molecule has 2 aromatic carbocycles. The Labute approximate surface area is 260 Å². The maximum absolute atomic E-state index is 14.1. The average molecular weight is 616 g/mol. The fourth-order valence-electron chi connectivity index (χ4n) is 6.83. The van der Waals surface area contributed by atoms with Crippen LogP contribution in [0.4, 0.5) is 4.79 Å². The normalized spacial score (nSPS) is 21.5. The minimum atomic E-state index is -1.78. The van der Waals surface area contributed by atoms with Gasteiger partial charge in [0.2, 0.25) is 18.2 Å². The van der Waals surface area contributed by atoms with Crippen LogP contribution in [0.1, 0.15) is 43.9 Å². The van der Waals surface area contributed by atoms with Crippen LogP contribution in [-0.2, 0) is 36.8 Å². The van der Waals surface area contributed by atoms with E-state index in [0.29, 0.717) is 24.8 Å². The van der Waals surface area contributed by atoms with Crippen molar-refractivity contribution in [3.8, 4) is 0 Å². The molecule has 0 spiro atoms. The van der Waals surface area contributed by atoms with Gasteiger partial charge in [-0.1, -0.05) is 67.9 Å². The van der Waals surface area contributed by atoms with E-state index in [-0.39, 0.29) is 25.5 Å². The predicted octanol–water partition coefficient (Wildman–Crippen LogP) is 2.42. The number of aromatic nitrogens is 1. The second-order valence-electron chi connectivity index (χ2n) is 11.7. The van der Waals surface area contributed by atoms with Gasteiger partial charge in [-0.2, -0.15) is 0 Å². The van der Waals surface area contributed by atoms with Crippen molar-refractivity contribution in [1.29, 1.82) is 0 Å². The van der Waals surface area contributed by atoms with Crippen LogP contribution in [0.25, 0.3) is 10.9 Å². The number of carboxylic acid groups (broad SMARTS) is 1. The van der Waals surface area contributed by atoms with Crippen molar-refractivity contribution < 1.29 is 33.8 Å². The summed E-state index contributed by atoms with van der Waals surface area (Å²) in [7, 11) is 0. The van der Waals surface area contributed by atoms with Crippen molar-refractivity contribution in [1.82, 2.24) is 20.1 Å². The van der Waals surface area contributed by atoms with E-state index in [9.17, 15) is 29.1 Å². The van der Waals surface area contributed by atoms with Gasteiger partial charge in [-0.3, -0.25) is 24.3 Å². The van der Waals surface area contributed by atoms with E-state index in [0.717, 1.165) is 23.0 Å². The van der Waals surface area contributed by atoms with Gasteiger partial charge in [0.05, 0.1) is 29.6 Å². The summed E-state index contributed by atoms with van der Waals surface area (Å²) < 4.78 is 5.34. The molecule has 12 heteroatoms. The van der Waals surface area contributed by atoms with Crippen molar-refractivity contribution in [2.24, 2.45) is 5.73 Å². The predicted molar refractivity (Wildman–Crippen MR) is 164 cm³/mol.